The standard InChI is InChI=1S/C17H26N4O2S/c1-12(2)13-8-15-14(10-18-19-15)16(9-13)20-6-7-21(24(5,22)23)17(3,4)11-20/h8-10,12H,6-7,11H2,1-5H3,(H,18,19). The average molecular weight is 350 g/mol. The predicted octanol–water partition coefficient (Wildman–Crippen LogP) is 2.55. The molecule has 132 valence electrons. The summed E-state index contributed by atoms with van der Waals surface area (Å²) in [5, 5.41) is 8.34. The second kappa shape index (κ2) is 5.74. The van der Waals surface area contributed by atoms with Gasteiger partial charge in [0.1, 0.15) is 0 Å². The molecule has 1 fully saturated rings. The van der Waals surface area contributed by atoms with Gasteiger partial charge in [0.25, 0.3) is 0 Å². The van der Waals surface area contributed by atoms with Crippen LogP contribution in [0, 0.1) is 0 Å². The van der Waals surface area contributed by atoms with Crippen LogP contribution in [0.4, 0.5) is 5.69 Å². The number of H-pyrrole nitrogens is 1. The van der Waals surface area contributed by atoms with Crippen molar-refractivity contribution in [3.05, 3.63) is 23.9 Å². The highest BCUT2D eigenvalue weighted by Crippen LogP contribution is 2.34. The minimum Gasteiger partial charge on any atom is -0.368 e. The van der Waals surface area contributed by atoms with Crippen LogP contribution in [0.1, 0.15) is 39.2 Å². The molecule has 0 spiro atoms. The number of hydrogen-bond acceptors (Lipinski definition) is 4. The predicted molar refractivity (Wildman–Crippen MR) is 98.0 cm³/mol. The molecule has 1 aliphatic heterocycles. The first-order chi connectivity index (χ1) is 11.1. The number of anilines is 1. The lowest BCUT2D eigenvalue weighted by Gasteiger charge is -2.46. The molecule has 6 nitrogen and oxygen atoms in total. The smallest absolute Gasteiger partial charge is 0.211 e. The summed E-state index contributed by atoms with van der Waals surface area (Å²) < 4.78 is 25.7. The van der Waals surface area contributed by atoms with Crippen LogP contribution in [0.15, 0.2) is 18.3 Å². The maximum Gasteiger partial charge on any atom is 0.211 e. The quantitative estimate of drug-likeness (QED) is 0.924. The third-order valence-corrected chi connectivity index (χ3v) is 6.27. The fraction of sp³-hybridized carbons (Fsp3) is 0.588. The third kappa shape index (κ3) is 3.02. The zero-order chi connectivity index (χ0) is 17.7. The molecular formula is C17H26N4O2S. The van der Waals surface area contributed by atoms with Crippen LogP contribution in [-0.4, -0.2) is 54.3 Å². The van der Waals surface area contributed by atoms with Gasteiger partial charge in [0, 0.05) is 36.2 Å². The summed E-state index contributed by atoms with van der Waals surface area (Å²) in [6.07, 6.45) is 3.14. The van der Waals surface area contributed by atoms with Gasteiger partial charge in [-0.2, -0.15) is 9.40 Å². The van der Waals surface area contributed by atoms with E-state index in [9.17, 15) is 8.42 Å². The minimum atomic E-state index is -3.20. The molecule has 0 saturated carbocycles. The summed E-state index contributed by atoms with van der Waals surface area (Å²) in [6.45, 7) is 10.1. The molecule has 24 heavy (non-hydrogen) atoms. The summed E-state index contributed by atoms with van der Waals surface area (Å²) in [7, 11) is -3.20. The maximum atomic E-state index is 12.1. The van der Waals surface area contributed by atoms with Gasteiger partial charge in [0.05, 0.1) is 18.0 Å². The Morgan fingerprint density at radius 1 is 1.25 bits per heavy atom. The molecule has 2 heterocycles. The number of hydrogen-bond donors (Lipinski definition) is 1. The van der Waals surface area contributed by atoms with Crippen LogP contribution in [-0.2, 0) is 10.0 Å². The van der Waals surface area contributed by atoms with Crippen molar-refractivity contribution in [1.29, 1.82) is 0 Å². The topological polar surface area (TPSA) is 69.3 Å². The number of piperazine rings is 1. The van der Waals surface area contributed by atoms with E-state index in [2.05, 4.69) is 41.1 Å². The van der Waals surface area contributed by atoms with Gasteiger partial charge in [0.15, 0.2) is 0 Å². The Morgan fingerprint density at radius 3 is 2.54 bits per heavy atom. The van der Waals surface area contributed by atoms with Crippen LogP contribution in [0.3, 0.4) is 0 Å². The largest absolute Gasteiger partial charge is 0.368 e. The molecule has 0 unspecified atom stereocenters. The van der Waals surface area contributed by atoms with Gasteiger partial charge >= 0.3 is 0 Å². The van der Waals surface area contributed by atoms with Crippen molar-refractivity contribution in [2.75, 3.05) is 30.8 Å². The van der Waals surface area contributed by atoms with Gasteiger partial charge < -0.3 is 4.90 Å². The fourth-order valence-corrected chi connectivity index (χ4v) is 4.98. The highest BCUT2D eigenvalue weighted by atomic mass is 32.2. The molecule has 2 aromatic rings. The Labute approximate surface area is 143 Å². The van der Waals surface area contributed by atoms with E-state index in [0.29, 0.717) is 25.6 Å². The first-order valence-electron chi connectivity index (χ1n) is 8.29. The van der Waals surface area contributed by atoms with E-state index in [1.165, 1.54) is 11.8 Å². The zero-order valence-corrected chi connectivity index (χ0v) is 15.8. The SMILES string of the molecule is CC(C)c1cc(N2CCN(S(C)(=O)=O)C(C)(C)C2)c2cn[nH]c2c1. The number of fused-ring (bicyclic) bond motifs is 1. The Hall–Kier alpha value is -1.60. The Bertz CT molecular complexity index is 855. The van der Waals surface area contributed by atoms with Crippen molar-refractivity contribution in [2.45, 2.75) is 39.2 Å². The van der Waals surface area contributed by atoms with Gasteiger partial charge in [0.2, 0.25) is 10.0 Å². The van der Waals surface area contributed by atoms with Crippen LogP contribution in [0.25, 0.3) is 10.9 Å². The number of rotatable bonds is 3. The van der Waals surface area contributed by atoms with E-state index in [1.54, 1.807) is 4.31 Å². The molecule has 0 atom stereocenters. The van der Waals surface area contributed by atoms with Crippen molar-refractivity contribution >= 4 is 26.6 Å². The molecule has 0 bridgehead atoms. The third-order valence-electron chi connectivity index (χ3n) is 4.79. The second-order valence-corrected chi connectivity index (χ2v) is 9.50. The van der Waals surface area contributed by atoms with Crippen LogP contribution in [0.5, 0.6) is 0 Å². The van der Waals surface area contributed by atoms with Crippen molar-refractivity contribution in [3.63, 3.8) is 0 Å². The molecule has 1 aromatic heterocycles. The van der Waals surface area contributed by atoms with Crippen molar-refractivity contribution < 1.29 is 8.42 Å². The average Bonchev–Trinajstić information content (AvgIpc) is 2.91. The first-order valence-corrected chi connectivity index (χ1v) is 10.1. The van der Waals surface area contributed by atoms with Crippen LogP contribution >= 0.6 is 0 Å². The molecular weight excluding hydrogens is 324 g/mol. The molecule has 1 aliphatic rings. The number of nitrogens with one attached hydrogen (secondary N) is 1. The molecule has 1 saturated heterocycles. The van der Waals surface area contributed by atoms with Crippen molar-refractivity contribution in [3.8, 4) is 0 Å². The van der Waals surface area contributed by atoms with Gasteiger partial charge in [-0.25, -0.2) is 8.42 Å². The molecule has 1 N–H and O–H groups in total. The van der Waals surface area contributed by atoms with Crippen molar-refractivity contribution in [2.24, 2.45) is 0 Å². The number of aromatic amines is 1. The maximum absolute atomic E-state index is 12.1. The summed E-state index contributed by atoms with van der Waals surface area (Å²) >= 11 is 0. The van der Waals surface area contributed by atoms with Crippen LogP contribution in [0.2, 0.25) is 0 Å². The summed E-state index contributed by atoms with van der Waals surface area (Å²) in [5.74, 6) is 0.418. The first kappa shape index (κ1) is 17.2. The number of nitrogens with zero attached hydrogens (tertiary/aromatic N) is 3. The van der Waals surface area contributed by atoms with E-state index in [-0.39, 0.29) is 0 Å². The second-order valence-electron chi connectivity index (χ2n) is 7.60. The Morgan fingerprint density at radius 2 is 1.96 bits per heavy atom. The summed E-state index contributed by atoms with van der Waals surface area (Å²) in [5.41, 5.74) is 2.96. The summed E-state index contributed by atoms with van der Waals surface area (Å²) in [6, 6.07) is 4.36. The van der Waals surface area contributed by atoms with E-state index >= 15 is 0 Å². The lowest BCUT2D eigenvalue weighted by atomic mass is 9.97. The normalized spacial score (nSPS) is 19.3. The Balaban J connectivity index is 2.02. The summed E-state index contributed by atoms with van der Waals surface area (Å²) in [4.78, 5) is 2.28. The fourth-order valence-electron chi connectivity index (χ4n) is 3.61. The highest BCUT2D eigenvalue weighted by molar-refractivity contribution is 7.88. The number of aromatic nitrogens is 2. The van der Waals surface area contributed by atoms with Crippen molar-refractivity contribution in [1.82, 2.24) is 14.5 Å². The molecule has 0 aliphatic carbocycles. The number of benzene rings is 1. The minimum absolute atomic E-state index is 0.418. The monoisotopic (exact) mass is 350 g/mol. The molecule has 0 amide bonds. The lowest BCUT2D eigenvalue weighted by molar-refractivity contribution is 0.206. The molecule has 1 aromatic carbocycles. The molecule has 0 radical (unpaired) electrons. The highest BCUT2D eigenvalue weighted by Gasteiger charge is 2.39. The zero-order valence-electron chi connectivity index (χ0n) is 15.0. The van der Waals surface area contributed by atoms with Gasteiger partial charge in [-0.3, -0.25) is 5.10 Å². The van der Waals surface area contributed by atoms with Gasteiger partial charge in [-0.05, 0) is 37.5 Å². The van der Waals surface area contributed by atoms with E-state index in [0.717, 1.165) is 16.6 Å². The molecule has 7 heteroatoms. The number of sulfonamides is 1. The van der Waals surface area contributed by atoms with Gasteiger partial charge in [-0.15, -0.1) is 0 Å². The van der Waals surface area contributed by atoms with E-state index in [4.69, 9.17) is 0 Å². The van der Waals surface area contributed by atoms with Gasteiger partial charge in [-0.1, -0.05) is 13.8 Å². The lowest BCUT2D eigenvalue weighted by Crippen LogP contribution is -2.60. The Kier molecular flexibility index (Phi) is 4.12. The molecule has 3 rings (SSSR count). The van der Waals surface area contributed by atoms with E-state index < -0.39 is 15.6 Å². The van der Waals surface area contributed by atoms with Crippen LogP contribution < -0.4 is 4.90 Å². The van der Waals surface area contributed by atoms with E-state index in [1.807, 2.05) is 20.0 Å².